The van der Waals surface area contributed by atoms with E-state index in [1.54, 1.807) is 14.2 Å². The molecule has 4 rings (SSSR count). The Labute approximate surface area is 177 Å². The van der Waals surface area contributed by atoms with E-state index in [0.717, 1.165) is 62.2 Å². The third kappa shape index (κ3) is 3.99. The maximum Gasteiger partial charge on any atom is 0.226 e. The van der Waals surface area contributed by atoms with E-state index >= 15 is 0 Å². The van der Waals surface area contributed by atoms with Crippen molar-refractivity contribution in [1.82, 2.24) is 4.90 Å². The number of piperidine rings is 1. The Hall–Kier alpha value is -3.02. The number of carbonyl (C=O) groups excluding carboxylic acids is 2. The Morgan fingerprint density at radius 2 is 1.60 bits per heavy atom. The van der Waals surface area contributed by atoms with Crippen molar-refractivity contribution >= 4 is 17.9 Å². The summed E-state index contributed by atoms with van der Waals surface area (Å²) in [5.41, 5.74) is 4.16. The Morgan fingerprint density at radius 3 is 2.20 bits per heavy atom. The van der Waals surface area contributed by atoms with E-state index in [2.05, 4.69) is 4.90 Å². The largest absolute Gasteiger partial charge is 0.493 e. The first-order chi connectivity index (χ1) is 14.6. The quantitative estimate of drug-likeness (QED) is 0.711. The predicted octanol–water partition coefficient (Wildman–Crippen LogP) is 3.32. The Balaban J connectivity index is 1.38. The Morgan fingerprint density at radius 1 is 0.967 bits per heavy atom. The second-order valence-corrected chi connectivity index (χ2v) is 7.96. The Kier molecular flexibility index (Phi) is 5.93. The molecular weight excluding hydrogens is 380 g/mol. The summed E-state index contributed by atoms with van der Waals surface area (Å²) in [6.07, 6.45) is 3.40. The fourth-order valence-corrected chi connectivity index (χ4v) is 4.48. The minimum absolute atomic E-state index is 0.0668. The third-order valence-electron chi connectivity index (χ3n) is 6.27. The van der Waals surface area contributed by atoms with Gasteiger partial charge < -0.3 is 19.3 Å². The molecule has 0 unspecified atom stereocenters. The number of amides is 1. The number of benzene rings is 2. The van der Waals surface area contributed by atoms with Crippen LogP contribution in [0.3, 0.4) is 0 Å². The molecule has 0 atom stereocenters. The summed E-state index contributed by atoms with van der Waals surface area (Å²) in [4.78, 5) is 28.3. The van der Waals surface area contributed by atoms with Crippen molar-refractivity contribution in [3.8, 4) is 11.5 Å². The highest BCUT2D eigenvalue weighted by Gasteiger charge is 2.31. The van der Waals surface area contributed by atoms with Crippen LogP contribution < -0.4 is 14.4 Å². The SMILES string of the molecule is COc1cc2c(cc1OC)CN(C(=O)C1CCN(c3ccc(C=O)cc3)CC1)CC2. The minimum Gasteiger partial charge on any atom is -0.493 e. The maximum atomic E-state index is 13.2. The molecule has 2 aromatic carbocycles. The van der Waals surface area contributed by atoms with E-state index in [4.69, 9.17) is 9.47 Å². The highest BCUT2D eigenvalue weighted by molar-refractivity contribution is 5.80. The lowest BCUT2D eigenvalue weighted by molar-refractivity contribution is -0.137. The van der Waals surface area contributed by atoms with Crippen LogP contribution in [0.25, 0.3) is 0 Å². The molecule has 0 spiro atoms. The van der Waals surface area contributed by atoms with Crippen molar-refractivity contribution in [3.05, 3.63) is 53.1 Å². The predicted molar refractivity (Wildman–Crippen MR) is 115 cm³/mol. The van der Waals surface area contributed by atoms with Gasteiger partial charge in [0.25, 0.3) is 0 Å². The van der Waals surface area contributed by atoms with E-state index in [1.165, 1.54) is 5.56 Å². The van der Waals surface area contributed by atoms with Gasteiger partial charge in [0.2, 0.25) is 5.91 Å². The average molecular weight is 408 g/mol. The number of fused-ring (bicyclic) bond motifs is 1. The van der Waals surface area contributed by atoms with Gasteiger partial charge in [-0.25, -0.2) is 0 Å². The zero-order valence-corrected chi connectivity index (χ0v) is 17.6. The van der Waals surface area contributed by atoms with E-state index in [0.29, 0.717) is 17.9 Å². The second-order valence-electron chi connectivity index (χ2n) is 7.96. The lowest BCUT2D eigenvalue weighted by atomic mass is 9.92. The second kappa shape index (κ2) is 8.78. The summed E-state index contributed by atoms with van der Waals surface area (Å²) in [5.74, 6) is 1.77. The molecule has 2 heterocycles. The van der Waals surface area contributed by atoms with Gasteiger partial charge >= 0.3 is 0 Å². The van der Waals surface area contributed by atoms with Crippen molar-refractivity contribution in [2.75, 3.05) is 38.8 Å². The number of nitrogens with zero attached hydrogens (tertiary/aromatic N) is 2. The molecule has 6 heteroatoms. The molecule has 0 N–H and O–H groups in total. The van der Waals surface area contributed by atoms with Crippen molar-refractivity contribution in [2.45, 2.75) is 25.8 Å². The van der Waals surface area contributed by atoms with Gasteiger partial charge in [0, 0.05) is 43.3 Å². The topological polar surface area (TPSA) is 59.1 Å². The van der Waals surface area contributed by atoms with Crippen molar-refractivity contribution in [1.29, 1.82) is 0 Å². The maximum absolute atomic E-state index is 13.2. The fraction of sp³-hybridized carbons (Fsp3) is 0.417. The summed E-state index contributed by atoms with van der Waals surface area (Å²) in [6.45, 7) is 3.08. The molecule has 158 valence electrons. The smallest absolute Gasteiger partial charge is 0.226 e. The first-order valence-corrected chi connectivity index (χ1v) is 10.5. The highest BCUT2D eigenvalue weighted by Crippen LogP contribution is 2.34. The molecule has 2 aliphatic rings. The molecule has 2 aromatic rings. The molecule has 0 aliphatic carbocycles. The minimum atomic E-state index is 0.0668. The first-order valence-electron chi connectivity index (χ1n) is 10.5. The van der Waals surface area contributed by atoms with Gasteiger partial charge in [0.1, 0.15) is 6.29 Å². The number of ether oxygens (including phenoxy) is 2. The van der Waals surface area contributed by atoms with Crippen LogP contribution in [0, 0.1) is 5.92 Å². The summed E-state index contributed by atoms with van der Waals surface area (Å²) in [6, 6.07) is 11.7. The van der Waals surface area contributed by atoms with Crippen LogP contribution in [0.5, 0.6) is 11.5 Å². The number of anilines is 1. The normalized spacial score (nSPS) is 16.7. The van der Waals surface area contributed by atoms with Gasteiger partial charge in [-0.3, -0.25) is 9.59 Å². The molecule has 0 saturated carbocycles. The number of aldehydes is 1. The number of hydrogen-bond donors (Lipinski definition) is 0. The standard InChI is InChI=1S/C24H28N2O4/c1-29-22-13-19-9-12-26(15-20(19)14-23(22)30-2)24(28)18-7-10-25(11-8-18)21-5-3-17(16-27)4-6-21/h3-6,13-14,16,18H,7-12,15H2,1-2H3. The molecule has 1 fully saturated rings. The summed E-state index contributed by atoms with van der Waals surface area (Å²) in [5, 5.41) is 0. The zero-order chi connectivity index (χ0) is 21.1. The van der Waals surface area contributed by atoms with Crippen LogP contribution in [0.2, 0.25) is 0 Å². The summed E-state index contributed by atoms with van der Waals surface area (Å²) in [7, 11) is 3.28. The van der Waals surface area contributed by atoms with Gasteiger partial charge in [-0.15, -0.1) is 0 Å². The summed E-state index contributed by atoms with van der Waals surface area (Å²) >= 11 is 0. The van der Waals surface area contributed by atoms with Gasteiger partial charge in [0.05, 0.1) is 14.2 Å². The molecule has 0 aromatic heterocycles. The zero-order valence-electron chi connectivity index (χ0n) is 17.6. The van der Waals surface area contributed by atoms with Gasteiger partial charge in [-0.2, -0.15) is 0 Å². The van der Waals surface area contributed by atoms with Crippen LogP contribution in [0.4, 0.5) is 5.69 Å². The van der Waals surface area contributed by atoms with Gasteiger partial charge in [0.15, 0.2) is 11.5 Å². The lowest BCUT2D eigenvalue weighted by Crippen LogP contribution is -2.44. The van der Waals surface area contributed by atoms with Crippen LogP contribution in [-0.4, -0.2) is 50.9 Å². The number of rotatable bonds is 5. The van der Waals surface area contributed by atoms with Crippen LogP contribution in [0.15, 0.2) is 36.4 Å². The molecule has 0 bridgehead atoms. The molecule has 0 radical (unpaired) electrons. The summed E-state index contributed by atoms with van der Waals surface area (Å²) < 4.78 is 10.8. The van der Waals surface area contributed by atoms with E-state index in [-0.39, 0.29) is 11.8 Å². The van der Waals surface area contributed by atoms with E-state index in [9.17, 15) is 9.59 Å². The number of hydrogen-bond acceptors (Lipinski definition) is 5. The molecule has 6 nitrogen and oxygen atoms in total. The average Bonchev–Trinajstić information content (AvgIpc) is 2.82. The molecular formula is C24H28N2O4. The van der Waals surface area contributed by atoms with Crippen molar-refractivity contribution < 1.29 is 19.1 Å². The van der Waals surface area contributed by atoms with Crippen LogP contribution in [0.1, 0.15) is 34.3 Å². The third-order valence-corrected chi connectivity index (χ3v) is 6.27. The monoisotopic (exact) mass is 408 g/mol. The molecule has 1 amide bonds. The van der Waals surface area contributed by atoms with Crippen molar-refractivity contribution in [2.24, 2.45) is 5.92 Å². The fourth-order valence-electron chi connectivity index (χ4n) is 4.48. The highest BCUT2D eigenvalue weighted by atomic mass is 16.5. The number of carbonyl (C=O) groups is 2. The lowest BCUT2D eigenvalue weighted by Gasteiger charge is -2.37. The van der Waals surface area contributed by atoms with Crippen LogP contribution >= 0.6 is 0 Å². The van der Waals surface area contributed by atoms with E-state index in [1.807, 2.05) is 41.3 Å². The van der Waals surface area contributed by atoms with E-state index < -0.39 is 0 Å². The molecule has 2 aliphatic heterocycles. The first kappa shape index (κ1) is 20.3. The molecule has 30 heavy (non-hydrogen) atoms. The Bertz CT molecular complexity index is 918. The van der Waals surface area contributed by atoms with Crippen molar-refractivity contribution in [3.63, 3.8) is 0 Å². The molecule has 1 saturated heterocycles. The van der Waals surface area contributed by atoms with Gasteiger partial charge in [-0.05, 0) is 66.8 Å². The van der Waals surface area contributed by atoms with Gasteiger partial charge in [-0.1, -0.05) is 0 Å². The van der Waals surface area contributed by atoms with Crippen LogP contribution in [-0.2, 0) is 17.8 Å². The number of methoxy groups -OCH3 is 2.